The number of benzene rings is 1. The summed E-state index contributed by atoms with van der Waals surface area (Å²) >= 11 is 0. The van der Waals surface area contributed by atoms with Crippen molar-refractivity contribution in [3.8, 4) is 0 Å². The van der Waals surface area contributed by atoms with Gasteiger partial charge in [-0.25, -0.2) is 8.78 Å². The molecular weight excluding hydrogens is 248 g/mol. The van der Waals surface area contributed by atoms with Gasteiger partial charge in [0.05, 0.1) is 0 Å². The molecule has 0 radical (unpaired) electrons. The number of aldehydes is 1. The van der Waals surface area contributed by atoms with Gasteiger partial charge in [-0.2, -0.15) is 0 Å². The van der Waals surface area contributed by atoms with Gasteiger partial charge in [-0.3, -0.25) is 4.79 Å². The molecule has 0 bridgehead atoms. The molecule has 1 saturated carbocycles. The first kappa shape index (κ1) is 14.0. The summed E-state index contributed by atoms with van der Waals surface area (Å²) in [4.78, 5) is 12.3. The third-order valence-electron chi connectivity index (χ3n) is 4.06. The molecule has 0 N–H and O–H groups in total. The molecule has 1 aliphatic carbocycles. The molecule has 0 aromatic heterocycles. The van der Waals surface area contributed by atoms with Crippen LogP contribution in [0.25, 0.3) is 0 Å². The Bertz CT molecular complexity index is 444. The summed E-state index contributed by atoms with van der Waals surface area (Å²) in [7, 11) is 1.72. The summed E-state index contributed by atoms with van der Waals surface area (Å²) in [6.45, 7) is 2.20. The quantitative estimate of drug-likeness (QED) is 0.776. The average Bonchev–Trinajstić information content (AvgIpc) is 2.38. The lowest BCUT2D eigenvalue weighted by Crippen LogP contribution is -2.36. The molecule has 0 atom stereocenters. The smallest absolute Gasteiger partial charge is 0.150 e. The van der Waals surface area contributed by atoms with Crippen molar-refractivity contribution in [2.75, 3.05) is 11.9 Å². The second-order valence-electron chi connectivity index (χ2n) is 5.48. The zero-order chi connectivity index (χ0) is 14.0. The van der Waals surface area contributed by atoms with Crippen LogP contribution >= 0.6 is 0 Å². The molecule has 0 saturated heterocycles. The number of nitrogens with zero attached hydrogens (tertiary/aromatic N) is 1. The van der Waals surface area contributed by atoms with Crippen molar-refractivity contribution in [1.82, 2.24) is 0 Å². The Kier molecular flexibility index (Phi) is 4.17. The minimum Gasteiger partial charge on any atom is -0.367 e. The highest BCUT2D eigenvalue weighted by Gasteiger charge is 2.25. The summed E-state index contributed by atoms with van der Waals surface area (Å²) in [5, 5.41) is 0. The largest absolute Gasteiger partial charge is 0.367 e. The Morgan fingerprint density at radius 1 is 1.16 bits per heavy atom. The predicted molar refractivity (Wildman–Crippen MR) is 71.6 cm³/mol. The average molecular weight is 267 g/mol. The minimum absolute atomic E-state index is 0.0230. The number of carbonyl (C=O) groups excluding carboxylic acids is 1. The van der Waals surface area contributed by atoms with E-state index in [1.54, 1.807) is 11.9 Å². The van der Waals surface area contributed by atoms with Crippen LogP contribution in [0.3, 0.4) is 0 Å². The molecular formula is C15H19F2NO. The zero-order valence-corrected chi connectivity index (χ0v) is 11.3. The second-order valence-corrected chi connectivity index (χ2v) is 5.48. The number of carbonyl (C=O) groups is 1. The normalized spacial score (nSPS) is 23.2. The molecule has 19 heavy (non-hydrogen) atoms. The van der Waals surface area contributed by atoms with E-state index in [2.05, 4.69) is 6.92 Å². The van der Waals surface area contributed by atoms with Crippen molar-refractivity contribution in [3.63, 3.8) is 0 Å². The first-order valence-corrected chi connectivity index (χ1v) is 6.70. The monoisotopic (exact) mass is 267 g/mol. The van der Waals surface area contributed by atoms with Gasteiger partial charge in [0.25, 0.3) is 0 Å². The fourth-order valence-electron chi connectivity index (χ4n) is 2.80. The highest BCUT2D eigenvalue weighted by molar-refractivity contribution is 5.76. The topological polar surface area (TPSA) is 20.3 Å². The Balaban J connectivity index is 2.23. The predicted octanol–water partition coefficient (Wildman–Crippen LogP) is 3.79. The zero-order valence-electron chi connectivity index (χ0n) is 11.3. The molecule has 4 heteroatoms. The summed E-state index contributed by atoms with van der Waals surface area (Å²) < 4.78 is 27.9. The first-order valence-electron chi connectivity index (χ1n) is 6.70. The second kappa shape index (κ2) is 5.68. The van der Waals surface area contributed by atoms with Crippen LogP contribution in [-0.4, -0.2) is 19.4 Å². The van der Waals surface area contributed by atoms with Crippen LogP contribution in [0.1, 0.15) is 43.0 Å². The Hall–Kier alpha value is -1.45. The highest BCUT2D eigenvalue weighted by Crippen LogP contribution is 2.32. The molecule has 104 valence electrons. The molecule has 0 amide bonds. The SMILES string of the molecule is CC1CCC(N(C)c2c(F)cc(C=O)cc2F)CC1. The fraction of sp³-hybridized carbons (Fsp3) is 0.533. The van der Waals surface area contributed by atoms with Crippen molar-refractivity contribution in [2.45, 2.75) is 38.6 Å². The number of anilines is 1. The molecule has 1 aromatic rings. The van der Waals surface area contributed by atoms with Crippen LogP contribution in [0.5, 0.6) is 0 Å². The van der Waals surface area contributed by atoms with E-state index >= 15 is 0 Å². The van der Waals surface area contributed by atoms with Gasteiger partial charge in [0, 0.05) is 18.7 Å². The van der Waals surface area contributed by atoms with Crippen LogP contribution in [0.15, 0.2) is 12.1 Å². The van der Waals surface area contributed by atoms with Crippen LogP contribution in [0.4, 0.5) is 14.5 Å². The van der Waals surface area contributed by atoms with Gasteiger partial charge in [-0.15, -0.1) is 0 Å². The summed E-state index contributed by atoms with van der Waals surface area (Å²) in [6, 6.07) is 2.35. The van der Waals surface area contributed by atoms with Crippen molar-refractivity contribution >= 4 is 12.0 Å². The summed E-state index contributed by atoms with van der Waals surface area (Å²) in [6.07, 6.45) is 4.53. The Morgan fingerprint density at radius 3 is 2.16 bits per heavy atom. The molecule has 0 aliphatic heterocycles. The van der Waals surface area contributed by atoms with Gasteiger partial charge in [-0.05, 0) is 43.7 Å². The molecule has 1 aliphatic rings. The molecule has 2 nitrogen and oxygen atoms in total. The number of hydrogen-bond acceptors (Lipinski definition) is 2. The third kappa shape index (κ3) is 2.94. The van der Waals surface area contributed by atoms with E-state index in [4.69, 9.17) is 0 Å². The molecule has 2 rings (SSSR count). The van der Waals surface area contributed by atoms with E-state index < -0.39 is 11.6 Å². The third-order valence-corrected chi connectivity index (χ3v) is 4.06. The van der Waals surface area contributed by atoms with Crippen LogP contribution in [0.2, 0.25) is 0 Å². The van der Waals surface area contributed by atoms with Gasteiger partial charge in [0.1, 0.15) is 23.6 Å². The minimum atomic E-state index is -0.664. The summed E-state index contributed by atoms with van der Waals surface area (Å²) in [5.41, 5.74) is 0.00886. The molecule has 1 fully saturated rings. The van der Waals surface area contributed by atoms with Gasteiger partial charge in [0.15, 0.2) is 0 Å². The van der Waals surface area contributed by atoms with E-state index in [-0.39, 0.29) is 17.3 Å². The maximum Gasteiger partial charge on any atom is 0.150 e. The number of rotatable bonds is 3. The van der Waals surface area contributed by atoms with Gasteiger partial charge in [0.2, 0.25) is 0 Å². The van der Waals surface area contributed by atoms with Gasteiger partial charge < -0.3 is 4.90 Å². The van der Waals surface area contributed by atoms with E-state index in [1.165, 1.54) is 0 Å². The molecule has 0 spiro atoms. The Labute approximate surface area is 112 Å². The highest BCUT2D eigenvalue weighted by atomic mass is 19.1. The van der Waals surface area contributed by atoms with Crippen molar-refractivity contribution in [2.24, 2.45) is 5.92 Å². The van der Waals surface area contributed by atoms with Crippen molar-refractivity contribution in [3.05, 3.63) is 29.3 Å². The van der Waals surface area contributed by atoms with Crippen LogP contribution in [-0.2, 0) is 0 Å². The molecule has 0 unspecified atom stereocenters. The lowest BCUT2D eigenvalue weighted by atomic mass is 9.86. The molecule has 1 aromatic carbocycles. The van der Waals surface area contributed by atoms with Crippen LogP contribution < -0.4 is 4.90 Å². The van der Waals surface area contributed by atoms with E-state index in [0.717, 1.165) is 37.8 Å². The standard InChI is InChI=1S/C15H19F2NO/c1-10-3-5-12(6-4-10)18(2)15-13(16)7-11(9-19)8-14(15)17/h7-10,12H,3-6H2,1-2H3. The first-order chi connectivity index (χ1) is 9.02. The maximum atomic E-state index is 13.9. The Morgan fingerprint density at radius 2 is 1.68 bits per heavy atom. The number of halogens is 2. The number of hydrogen-bond donors (Lipinski definition) is 0. The van der Waals surface area contributed by atoms with Crippen molar-refractivity contribution < 1.29 is 13.6 Å². The lowest BCUT2D eigenvalue weighted by molar-refractivity contribution is 0.112. The molecule has 0 heterocycles. The van der Waals surface area contributed by atoms with E-state index in [9.17, 15) is 13.6 Å². The van der Waals surface area contributed by atoms with Crippen molar-refractivity contribution in [1.29, 1.82) is 0 Å². The van der Waals surface area contributed by atoms with E-state index in [0.29, 0.717) is 12.2 Å². The summed E-state index contributed by atoms with van der Waals surface area (Å²) in [5.74, 6) is -0.636. The van der Waals surface area contributed by atoms with Gasteiger partial charge >= 0.3 is 0 Å². The lowest BCUT2D eigenvalue weighted by Gasteiger charge is -2.35. The van der Waals surface area contributed by atoms with Crippen LogP contribution in [0, 0.1) is 17.6 Å². The van der Waals surface area contributed by atoms with E-state index in [1.807, 2.05) is 0 Å². The maximum absolute atomic E-state index is 13.9. The fourth-order valence-corrected chi connectivity index (χ4v) is 2.80. The van der Waals surface area contributed by atoms with Gasteiger partial charge in [-0.1, -0.05) is 6.92 Å².